The third-order valence-corrected chi connectivity index (χ3v) is 2.83. The van der Waals surface area contributed by atoms with E-state index in [1.165, 1.54) is 0 Å². The van der Waals surface area contributed by atoms with Gasteiger partial charge in [0.05, 0.1) is 11.2 Å². The molecule has 74 valence electrons. The van der Waals surface area contributed by atoms with Gasteiger partial charge in [0, 0.05) is 18.8 Å². The monoisotopic (exact) mass is 208 g/mol. The van der Waals surface area contributed by atoms with Crippen LogP contribution in [0.15, 0.2) is 11.7 Å². The third-order valence-electron chi connectivity index (χ3n) is 1.99. The lowest BCUT2D eigenvalue weighted by Gasteiger charge is -2.00. The first kappa shape index (κ1) is 9.21. The van der Waals surface area contributed by atoms with E-state index in [-0.39, 0.29) is 0 Å². The number of anilines is 2. The molecule has 1 N–H and O–H groups in total. The van der Waals surface area contributed by atoms with Crippen molar-refractivity contribution in [2.24, 2.45) is 7.05 Å². The van der Waals surface area contributed by atoms with E-state index in [1.54, 1.807) is 16.0 Å². The second-order valence-corrected chi connectivity index (χ2v) is 4.08. The first-order valence-electron chi connectivity index (χ1n) is 4.34. The molecule has 0 bridgehead atoms. The number of aryl methyl sites for hydroxylation is 3. The van der Waals surface area contributed by atoms with Crippen molar-refractivity contribution in [3.05, 3.63) is 23.0 Å². The molecule has 0 saturated carbocycles. The molecule has 2 heterocycles. The van der Waals surface area contributed by atoms with E-state index in [9.17, 15) is 0 Å². The van der Waals surface area contributed by atoms with Crippen LogP contribution in [0, 0.1) is 13.8 Å². The highest BCUT2D eigenvalue weighted by Crippen LogP contribution is 2.24. The van der Waals surface area contributed by atoms with E-state index in [1.807, 2.05) is 32.6 Å². The third kappa shape index (κ3) is 1.63. The Kier molecular flexibility index (Phi) is 2.25. The Morgan fingerprint density at radius 1 is 1.43 bits per heavy atom. The van der Waals surface area contributed by atoms with Crippen LogP contribution in [0.2, 0.25) is 0 Å². The van der Waals surface area contributed by atoms with Gasteiger partial charge in [0.1, 0.15) is 5.00 Å². The number of aromatic nitrogens is 3. The average molecular weight is 208 g/mol. The van der Waals surface area contributed by atoms with E-state index >= 15 is 0 Å². The van der Waals surface area contributed by atoms with Crippen molar-refractivity contribution in [2.45, 2.75) is 13.8 Å². The number of rotatable bonds is 2. The average Bonchev–Trinajstić information content (AvgIpc) is 2.62. The lowest BCUT2D eigenvalue weighted by Crippen LogP contribution is -1.94. The van der Waals surface area contributed by atoms with Crippen LogP contribution < -0.4 is 5.32 Å². The first-order valence-corrected chi connectivity index (χ1v) is 5.22. The Bertz CT molecular complexity index is 443. The Morgan fingerprint density at radius 2 is 2.21 bits per heavy atom. The summed E-state index contributed by atoms with van der Waals surface area (Å²) in [5, 5.41) is 8.64. The van der Waals surface area contributed by atoms with Crippen molar-refractivity contribution in [1.82, 2.24) is 14.8 Å². The number of hydrogen-bond acceptors (Lipinski definition) is 4. The minimum absolute atomic E-state index is 0.903. The van der Waals surface area contributed by atoms with Crippen molar-refractivity contribution in [2.75, 3.05) is 5.32 Å². The van der Waals surface area contributed by atoms with Gasteiger partial charge in [-0.05, 0) is 13.8 Å². The van der Waals surface area contributed by atoms with Crippen LogP contribution in [0.4, 0.5) is 10.8 Å². The summed E-state index contributed by atoms with van der Waals surface area (Å²) in [6, 6.07) is 0. The lowest BCUT2D eigenvalue weighted by atomic mass is 10.4. The van der Waals surface area contributed by atoms with Gasteiger partial charge < -0.3 is 5.32 Å². The second-order valence-electron chi connectivity index (χ2n) is 3.23. The van der Waals surface area contributed by atoms with Gasteiger partial charge in [-0.15, -0.1) is 11.3 Å². The molecular weight excluding hydrogens is 196 g/mol. The molecule has 5 heteroatoms. The van der Waals surface area contributed by atoms with Crippen molar-refractivity contribution < 1.29 is 0 Å². The second kappa shape index (κ2) is 3.42. The van der Waals surface area contributed by atoms with Crippen molar-refractivity contribution in [3.63, 3.8) is 0 Å². The number of thiazole rings is 1. The Labute approximate surface area is 86.6 Å². The molecular formula is C9H12N4S. The standard InChI is InChI=1S/C9H12N4S/c1-6-4-13(3)12-8(6)11-9-7(2)10-5-14-9/h4-5H,1-3H3,(H,11,12). The molecule has 0 aliphatic heterocycles. The van der Waals surface area contributed by atoms with Gasteiger partial charge in [-0.2, -0.15) is 5.10 Å². The van der Waals surface area contributed by atoms with Gasteiger partial charge in [-0.1, -0.05) is 0 Å². The maximum Gasteiger partial charge on any atom is 0.155 e. The predicted octanol–water partition coefficient (Wildman–Crippen LogP) is 2.24. The van der Waals surface area contributed by atoms with Crippen LogP contribution in [-0.4, -0.2) is 14.8 Å². The van der Waals surface area contributed by atoms with Crippen molar-refractivity contribution >= 4 is 22.2 Å². The molecule has 0 amide bonds. The lowest BCUT2D eigenvalue weighted by molar-refractivity contribution is 0.771. The molecule has 0 saturated heterocycles. The van der Waals surface area contributed by atoms with Crippen LogP contribution >= 0.6 is 11.3 Å². The highest BCUT2D eigenvalue weighted by atomic mass is 32.1. The van der Waals surface area contributed by atoms with Crippen LogP contribution in [0.25, 0.3) is 0 Å². The molecule has 2 rings (SSSR count). The van der Waals surface area contributed by atoms with E-state index in [0.29, 0.717) is 0 Å². The fraction of sp³-hybridized carbons (Fsp3) is 0.333. The zero-order chi connectivity index (χ0) is 10.1. The summed E-state index contributed by atoms with van der Waals surface area (Å²) in [5.41, 5.74) is 3.98. The van der Waals surface area contributed by atoms with E-state index < -0.39 is 0 Å². The van der Waals surface area contributed by atoms with E-state index in [2.05, 4.69) is 15.4 Å². The normalized spacial score (nSPS) is 10.5. The van der Waals surface area contributed by atoms with Gasteiger partial charge in [0.2, 0.25) is 0 Å². The molecule has 0 fully saturated rings. The molecule has 0 aromatic carbocycles. The summed E-state index contributed by atoms with van der Waals surface area (Å²) in [7, 11) is 1.91. The largest absolute Gasteiger partial charge is 0.329 e. The summed E-state index contributed by atoms with van der Waals surface area (Å²) >= 11 is 1.59. The highest BCUT2D eigenvalue weighted by Gasteiger charge is 2.06. The van der Waals surface area contributed by atoms with Crippen LogP contribution in [0.1, 0.15) is 11.3 Å². The zero-order valence-electron chi connectivity index (χ0n) is 8.40. The highest BCUT2D eigenvalue weighted by molar-refractivity contribution is 7.14. The molecule has 0 aliphatic carbocycles. The maximum atomic E-state index is 4.31. The summed E-state index contributed by atoms with van der Waals surface area (Å²) in [6.45, 7) is 4.02. The van der Waals surface area contributed by atoms with Crippen molar-refractivity contribution in [1.29, 1.82) is 0 Å². The first-order chi connectivity index (χ1) is 6.66. The smallest absolute Gasteiger partial charge is 0.155 e. The molecule has 0 radical (unpaired) electrons. The van der Waals surface area contributed by atoms with Crippen LogP contribution in [-0.2, 0) is 7.05 Å². The number of nitrogens with zero attached hydrogens (tertiary/aromatic N) is 3. The van der Waals surface area contributed by atoms with Gasteiger partial charge >= 0.3 is 0 Å². The van der Waals surface area contributed by atoms with Gasteiger partial charge in [0.15, 0.2) is 5.82 Å². The molecule has 4 nitrogen and oxygen atoms in total. The molecule has 0 spiro atoms. The Hall–Kier alpha value is -1.36. The molecule has 0 aliphatic rings. The molecule has 14 heavy (non-hydrogen) atoms. The van der Waals surface area contributed by atoms with Crippen molar-refractivity contribution in [3.8, 4) is 0 Å². The van der Waals surface area contributed by atoms with Crippen LogP contribution in [0.3, 0.4) is 0 Å². The van der Waals surface area contributed by atoms with E-state index in [4.69, 9.17) is 0 Å². The minimum Gasteiger partial charge on any atom is -0.329 e. The Balaban J connectivity index is 2.27. The maximum absolute atomic E-state index is 4.31. The summed E-state index contributed by atoms with van der Waals surface area (Å²) in [6.07, 6.45) is 1.98. The quantitative estimate of drug-likeness (QED) is 0.823. The predicted molar refractivity (Wildman–Crippen MR) is 58.1 cm³/mol. The fourth-order valence-electron chi connectivity index (χ4n) is 1.26. The summed E-state index contributed by atoms with van der Waals surface area (Å²) in [4.78, 5) is 4.17. The molecule has 0 atom stereocenters. The topological polar surface area (TPSA) is 42.7 Å². The van der Waals surface area contributed by atoms with Gasteiger partial charge in [-0.25, -0.2) is 4.98 Å². The summed E-state index contributed by atoms with van der Waals surface area (Å²) in [5.74, 6) is 0.903. The van der Waals surface area contributed by atoms with Crippen LogP contribution in [0.5, 0.6) is 0 Å². The molecule has 2 aromatic rings. The molecule has 0 unspecified atom stereocenters. The zero-order valence-corrected chi connectivity index (χ0v) is 9.22. The Morgan fingerprint density at radius 3 is 2.71 bits per heavy atom. The SMILES string of the molecule is Cc1cn(C)nc1Nc1scnc1C. The van der Waals surface area contributed by atoms with E-state index in [0.717, 1.165) is 22.1 Å². The molecule has 2 aromatic heterocycles. The van der Waals surface area contributed by atoms with Gasteiger partial charge in [-0.3, -0.25) is 4.68 Å². The van der Waals surface area contributed by atoms with Gasteiger partial charge in [0.25, 0.3) is 0 Å². The number of nitrogens with one attached hydrogen (secondary N) is 1. The minimum atomic E-state index is 0.903. The summed E-state index contributed by atoms with van der Waals surface area (Å²) < 4.78 is 1.80. The fourth-order valence-corrected chi connectivity index (χ4v) is 1.96. The number of hydrogen-bond donors (Lipinski definition) is 1.